The van der Waals surface area contributed by atoms with Gasteiger partial charge >= 0.3 is 0 Å². The van der Waals surface area contributed by atoms with Gasteiger partial charge in [0.25, 0.3) is 0 Å². The van der Waals surface area contributed by atoms with Crippen LogP contribution in [0.2, 0.25) is 0 Å². The highest BCUT2D eigenvalue weighted by atomic mass is 79.9. The summed E-state index contributed by atoms with van der Waals surface area (Å²) in [5.41, 5.74) is 6.69. The second-order valence-electron chi connectivity index (χ2n) is 4.73. The third-order valence-corrected chi connectivity index (χ3v) is 4.33. The van der Waals surface area contributed by atoms with E-state index < -0.39 is 5.82 Å². The zero-order valence-corrected chi connectivity index (χ0v) is 12.3. The molecule has 18 heavy (non-hydrogen) atoms. The van der Waals surface area contributed by atoms with Gasteiger partial charge in [0, 0.05) is 17.0 Å². The van der Waals surface area contributed by atoms with Gasteiger partial charge in [0.2, 0.25) is 5.82 Å². The molecule has 1 fully saturated rings. The molecule has 0 radical (unpaired) electrons. The maximum absolute atomic E-state index is 14.3. The number of nitrogens with two attached hydrogens (primary N) is 1. The molecule has 1 aromatic rings. The van der Waals surface area contributed by atoms with Crippen LogP contribution < -0.4 is 15.2 Å². The Morgan fingerprint density at radius 2 is 1.89 bits per heavy atom. The first-order chi connectivity index (χ1) is 8.47. The lowest BCUT2D eigenvalue weighted by molar-refractivity contribution is 0.340. The highest BCUT2D eigenvalue weighted by Gasteiger charge is 2.50. The summed E-state index contributed by atoms with van der Waals surface area (Å²) < 4.78 is 25.1. The first-order valence-corrected chi connectivity index (χ1v) is 6.63. The molecular weight excluding hydrogens is 301 g/mol. The molecule has 5 heteroatoms. The lowest BCUT2D eigenvalue weighted by Crippen LogP contribution is -2.32. The van der Waals surface area contributed by atoms with Crippen LogP contribution in [0, 0.1) is 5.82 Å². The Bertz CT molecular complexity index is 473. The maximum atomic E-state index is 14.3. The van der Waals surface area contributed by atoms with Gasteiger partial charge in [-0.05, 0) is 41.8 Å². The van der Waals surface area contributed by atoms with E-state index in [0.717, 1.165) is 18.4 Å². The zero-order valence-electron chi connectivity index (χ0n) is 10.7. The molecule has 0 heterocycles. The summed E-state index contributed by atoms with van der Waals surface area (Å²) in [5, 5.41) is 0. The molecule has 2 rings (SSSR count). The van der Waals surface area contributed by atoms with E-state index in [0.29, 0.717) is 4.47 Å². The van der Waals surface area contributed by atoms with Crippen LogP contribution >= 0.6 is 15.9 Å². The van der Waals surface area contributed by atoms with Crippen molar-refractivity contribution in [2.45, 2.75) is 31.2 Å². The molecule has 100 valence electrons. The van der Waals surface area contributed by atoms with E-state index in [2.05, 4.69) is 15.9 Å². The third-order valence-electron chi connectivity index (χ3n) is 3.74. The average Bonchev–Trinajstić information content (AvgIpc) is 3.10. The Labute approximate surface area is 115 Å². The number of hydrogen-bond acceptors (Lipinski definition) is 3. The van der Waals surface area contributed by atoms with Crippen LogP contribution in [-0.2, 0) is 5.41 Å². The summed E-state index contributed by atoms with van der Waals surface area (Å²) in [6.07, 6.45) is 1.92. The number of benzene rings is 1. The van der Waals surface area contributed by atoms with E-state index in [1.165, 1.54) is 14.2 Å². The summed E-state index contributed by atoms with van der Waals surface area (Å²) in [6, 6.07) is 1.82. The fourth-order valence-electron chi connectivity index (χ4n) is 2.45. The molecule has 3 nitrogen and oxygen atoms in total. The molecule has 1 saturated carbocycles. The SMILES string of the molecule is COc1c(Br)cc(C2(C(C)N)CC2)c(OC)c1F. The lowest BCUT2D eigenvalue weighted by Gasteiger charge is -2.24. The molecule has 1 aliphatic rings. The van der Waals surface area contributed by atoms with E-state index in [-0.39, 0.29) is 23.0 Å². The molecule has 0 aromatic heterocycles. The second kappa shape index (κ2) is 4.70. The standard InChI is InChI=1S/C13H17BrFNO2/c1-7(16)13(4-5-13)8-6-9(14)12(18-3)10(15)11(8)17-2/h6-7H,4-5,16H2,1-3H3. The molecule has 0 aliphatic heterocycles. The Hall–Kier alpha value is -0.810. The first kappa shape index (κ1) is 13.6. The first-order valence-electron chi connectivity index (χ1n) is 5.84. The summed E-state index contributed by atoms with van der Waals surface area (Å²) in [6.45, 7) is 1.95. The molecule has 1 aromatic carbocycles. The van der Waals surface area contributed by atoms with Gasteiger partial charge in [-0.25, -0.2) is 0 Å². The van der Waals surface area contributed by atoms with Gasteiger partial charge in [0.05, 0.1) is 18.7 Å². The van der Waals surface area contributed by atoms with E-state index in [4.69, 9.17) is 15.2 Å². The summed E-state index contributed by atoms with van der Waals surface area (Å²) in [7, 11) is 2.90. The zero-order chi connectivity index (χ0) is 13.5. The molecule has 0 spiro atoms. The monoisotopic (exact) mass is 317 g/mol. The highest BCUT2D eigenvalue weighted by molar-refractivity contribution is 9.10. The third kappa shape index (κ3) is 1.89. The number of methoxy groups -OCH3 is 2. The van der Waals surface area contributed by atoms with E-state index in [9.17, 15) is 4.39 Å². The Balaban J connectivity index is 2.62. The van der Waals surface area contributed by atoms with E-state index in [1.807, 2.05) is 13.0 Å². The van der Waals surface area contributed by atoms with Crippen molar-refractivity contribution < 1.29 is 13.9 Å². The normalized spacial score (nSPS) is 18.3. The van der Waals surface area contributed by atoms with Crippen molar-refractivity contribution in [2.24, 2.45) is 5.73 Å². The predicted octanol–water partition coefficient (Wildman–Crippen LogP) is 2.98. The number of halogens is 2. The van der Waals surface area contributed by atoms with Crippen molar-refractivity contribution in [3.63, 3.8) is 0 Å². The van der Waals surface area contributed by atoms with Crippen molar-refractivity contribution in [3.8, 4) is 11.5 Å². The quantitative estimate of drug-likeness (QED) is 0.928. The topological polar surface area (TPSA) is 44.5 Å². The van der Waals surface area contributed by atoms with Crippen LogP contribution in [0.25, 0.3) is 0 Å². The minimum atomic E-state index is -0.476. The van der Waals surface area contributed by atoms with Crippen molar-refractivity contribution in [1.29, 1.82) is 0 Å². The van der Waals surface area contributed by atoms with E-state index >= 15 is 0 Å². The van der Waals surface area contributed by atoms with Gasteiger partial charge in [-0.3, -0.25) is 0 Å². The Kier molecular flexibility index (Phi) is 3.56. The van der Waals surface area contributed by atoms with Crippen molar-refractivity contribution >= 4 is 15.9 Å². The molecule has 1 atom stereocenters. The highest BCUT2D eigenvalue weighted by Crippen LogP contribution is 2.55. The summed E-state index contributed by atoms with van der Waals surface area (Å²) in [5.74, 6) is -0.0720. The molecule has 0 bridgehead atoms. The Morgan fingerprint density at radius 1 is 1.33 bits per heavy atom. The van der Waals surface area contributed by atoms with Crippen molar-refractivity contribution in [3.05, 3.63) is 21.9 Å². The molecule has 0 amide bonds. The molecule has 1 unspecified atom stereocenters. The number of ether oxygens (including phenoxy) is 2. The van der Waals surface area contributed by atoms with Crippen LogP contribution in [0.3, 0.4) is 0 Å². The van der Waals surface area contributed by atoms with Gasteiger partial charge in [-0.15, -0.1) is 0 Å². The van der Waals surface area contributed by atoms with E-state index in [1.54, 1.807) is 0 Å². The summed E-state index contributed by atoms with van der Waals surface area (Å²) in [4.78, 5) is 0. The van der Waals surface area contributed by atoms with Crippen LogP contribution in [-0.4, -0.2) is 20.3 Å². The second-order valence-corrected chi connectivity index (χ2v) is 5.59. The van der Waals surface area contributed by atoms with Crippen LogP contribution in [0.1, 0.15) is 25.3 Å². The minimum absolute atomic E-state index is 0.0360. The maximum Gasteiger partial charge on any atom is 0.208 e. The summed E-state index contributed by atoms with van der Waals surface area (Å²) >= 11 is 3.33. The smallest absolute Gasteiger partial charge is 0.208 e. The fourth-order valence-corrected chi connectivity index (χ4v) is 3.01. The molecule has 0 saturated heterocycles. The average molecular weight is 318 g/mol. The van der Waals surface area contributed by atoms with Crippen molar-refractivity contribution in [1.82, 2.24) is 0 Å². The molecule has 1 aliphatic carbocycles. The Morgan fingerprint density at radius 3 is 2.28 bits per heavy atom. The lowest BCUT2D eigenvalue weighted by atomic mass is 9.88. The van der Waals surface area contributed by atoms with Gasteiger partial charge in [0.1, 0.15) is 0 Å². The number of rotatable bonds is 4. The van der Waals surface area contributed by atoms with Gasteiger partial charge in [0.15, 0.2) is 11.5 Å². The van der Waals surface area contributed by atoms with Gasteiger partial charge < -0.3 is 15.2 Å². The van der Waals surface area contributed by atoms with Crippen molar-refractivity contribution in [2.75, 3.05) is 14.2 Å². The molecular formula is C13H17BrFNO2. The molecule has 2 N–H and O–H groups in total. The van der Waals surface area contributed by atoms with Gasteiger partial charge in [-0.1, -0.05) is 0 Å². The fraction of sp³-hybridized carbons (Fsp3) is 0.538. The van der Waals surface area contributed by atoms with Crippen LogP contribution in [0.4, 0.5) is 4.39 Å². The minimum Gasteiger partial charge on any atom is -0.493 e. The van der Waals surface area contributed by atoms with Crippen LogP contribution in [0.5, 0.6) is 11.5 Å². The van der Waals surface area contributed by atoms with Crippen LogP contribution in [0.15, 0.2) is 10.5 Å². The number of hydrogen-bond donors (Lipinski definition) is 1. The van der Waals surface area contributed by atoms with Gasteiger partial charge in [-0.2, -0.15) is 4.39 Å². The largest absolute Gasteiger partial charge is 0.493 e. The predicted molar refractivity (Wildman–Crippen MR) is 71.8 cm³/mol.